The van der Waals surface area contributed by atoms with E-state index in [1.165, 1.54) is 31.4 Å². The van der Waals surface area contributed by atoms with Crippen LogP contribution in [0.5, 0.6) is 0 Å². The third-order valence-electron chi connectivity index (χ3n) is 8.44. The Kier molecular flexibility index (Phi) is 6.43. The molecule has 3 nitrogen and oxygen atoms in total. The standard InChI is InChI=1S/C40H29N3S/c1-44(32-18-9-4-10-19-32)35-22-12-11-20-33(35)37-34(21-13-23-36(37)44)40-42-38(30-16-7-3-8-17-30)41-39(43-40)31-26-24-29(25-27-31)28-14-5-2-6-15-28/h2-27H,1H3. The fraction of sp³-hybridized carbons (Fsp3) is 0.0250. The van der Waals surface area contributed by atoms with E-state index >= 15 is 0 Å². The van der Waals surface area contributed by atoms with E-state index in [-0.39, 0.29) is 0 Å². The van der Waals surface area contributed by atoms with Gasteiger partial charge in [-0.25, -0.2) is 15.0 Å². The Morgan fingerprint density at radius 1 is 0.364 bits per heavy atom. The van der Waals surface area contributed by atoms with Crippen LogP contribution in [0.1, 0.15) is 0 Å². The minimum Gasteiger partial charge on any atom is -0.208 e. The van der Waals surface area contributed by atoms with Crippen molar-refractivity contribution in [2.75, 3.05) is 6.26 Å². The SMILES string of the molecule is CS1(c2ccccc2)c2ccccc2-c2c(-c3nc(-c4ccccc4)nc(-c4ccc(-c5ccccc5)cc4)n3)cccc21. The van der Waals surface area contributed by atoms with Crippen molar-refractivity contribution >= 4 is 10.0 Å². The lowest BCUT2D eigenvalue weighted by Crippen LogP contribution is -2.01. The van der Waals surface area contributed by atoms with E-state index in [9.17, 15) is 0 Å². The number of aromatic nitrogens is 3. The molecule has 0 saturated carbocycles. The maximum Gasteiger partial charge on any atom is 0.164 e. The fourth-order valence-electron chi connectivity index (χ4n) is 6.21. The van der Waals surface area contributed by atoms with Gasteiger partial charge in [0.2, 0.25) is 0 Å². The van der Waals surface area contributed by atoms with Gasteiger partial charge in [0.1, 0.15) is 0 Å². The largest absolute Gasteiger partial charge is 0.208 e. The zero-order valence-corrected chi connectivity index (χ0v) is 25.1. The zero-order chi connectivity index (χ0) is 29.5. The van der Waals surface area contributed by atoms with Gasteiger partial charge in [-0.15, -0.1) is 0 Å². The van der Waals surface area contributed by atoms with Crippen molar-refractivity contribution in [3.63, 3.8) is 0 Å². The van der Waals surface area contributed by atoms with Gasteiger partial charge in [-0.05, 0) is 52.1 Å². The zero-order valence-electron chi connectivity index (χ0n) is 24.3. The van der Waals surface area contributed by atoms with Gasteiger partial charge in [-0.2, -0.15) is 10.0 Å². The van der Waals surface area contributed by atoms with Gasteiger partial charge in [-0.3, -0.25) is 0 Å². The van der Waals surface area contributed by atoms with Gasteiger partial charge < -0.3 is 0 Å². The summed E-state index contributed by atoms with van der Waals surface area (Å²) in [6.45, 7) is 0. The van der Waals surface area contributed by atoms with E-state index in [0.29, 0.717) is 17.5 Å². The highest BCUT2D eigenvalue weighted by Gasteiger charge is 2.38. The predicted octanol–water partition coefficient (Wildman–Crippen LogP) is 10.4. The molecule has 0 fully saturated rings. The number of hydrogen-bond donors (Lipinski definition) is 0. The van der Waals surface area contributed by atoms with E-state index in [2.05, 4.69) is 140 Å². The molecule has 0 saturated heterocycles. The number of rotatable bonds is 5. The summed E-state index contributed by atoms with van der Waals surface area (Å²) < 4.78 is 0. The van der Waals surface area contributed by atoms with E-state index in [4.69, 9.17) is 15.0 Å². The molecule has 7 aromatic rings. The molecule has 1 atom stereocenters. The molecule has 4 heteroatoms. The Balaban J connectivity index is 1.33. The van der Waals surface area contributed by atoms with Crippen LogP contribution in [0.25, 0.3) is 56.4 Å². The summed E-state index contributed by atoms with van der Waals surface area (Å²) in [5.41, 5.74) is 7.78. The molecule has 0 radical (unpaired) electrons. The van der Waals surface area contributed by atoms with Crippen LogP contribution in [0.15, 0.2) is 172 Å². The number of hydrogen-bond acceptors (Lipinski definition) is 3. The van der Waals surface area contributed by atoms with Crippen LogP contribution in [0.4, 0.5) is 0 Å². The van der Waals surface area contributed by atoms with E-state index in [1.807, 2.05) is 24.3 Å². The molecular weight excluding hydrogens is 555 g/mol. The first-order valence-electron chi connectivity index (χ1n) is 14.7. The Labute approximate surface area is 259 Å². The molecule has 2 heterocycles. The molecule has 44 heavy (non-hydrogen) atoms. The Morgan fingerprint density at radius 2 is 0.818 bits per heavy atom. The highest BCUT2D eigenvalue weighted by molar-refractivity contribution is 8.33. The summed E-state index contributed by atoms with van der Waals surface area (Å²) in [6, 6.07) is 55.5. The molecule has 0 N–H and O–H groups in total. The van der Waals surface area contributed by atoms with Crippen LogP contribution in [0, 0.1) is 0 Å². The molecule has 6 aromatic carbocycles. The molecule has 1 aliphatic heterocycles. The van der Waals surface area contributed by atoms with Crippen LogP contribution in [0.3, 0.4) is 0 Å². The van der Waals surface area contributed by atoms with Crippen LogP contribution in [-0.4, -0.2) is 21.2 Å². The average molecular weight is 584 g/mol. The third kappa shape index (κ3) is 4.34. The molecule has 8 rings (SSSR count). The molecular formula is C40H29N3S. The van der Waals surface area contributed by atoms with Crippen LogP contribution in [0.2, 0.25) is 0 Å². The first kappa shape index (κ1) is 26.3. The summed E-state index contributed by atoms with van der Waals surface area (Å²) in [4.78, 5) is 19.4. The van der Waals surface area contributed by atoms with Crippen LogP contribution in [-0.2, 0) is 0 Å². The van der Waals surface area contributed by atoms with Crippen molar-refractivity contribution in [2.24, 2.45) is 0 Å². The van der Waals surface area contributed by atoms with Gasteiger partial charge in [-0.1, -0.05) is 133 Å². The fourth-order valence-corrected chi connectivity index (χ4v) is 9.60. The van der Waals surface area contributed by atoms with Crippen molar-refractivity contribution in [3.05, 3.63) is 158 Å². The van der Waals surface area contributed by atoms with Crippen molar-refractivity contribution in [1.29, 1.82) is 0 Å². The minimum atomic E-state index is -1.46. The van der Waals surface area contributed by atoms with Gasteiger partial charge in [0.25, 0.3) is 0 Å². The van der Waals surface area contributed by atoms with Gasteiger partial charge in [0.15, 0.2) is 17.5 Å². The van der Waals surface area contributed by atoms with Gasteiger partial charge in [0.05, 0.1) is 0 Å². The Bertz CT molecular complexity index is 2110. The molecule has 1 unspecified atom stereocenters. The molecule has 0 aliphatic carbocycles. The number of nitrogens with zero attached hydrogens (tertiary/aromatic N) is 3. The molecule has 210 valence electrons. The smallest absolute Gasteiger partial charge is 0.164 e. The number of fused-ring (bicyclic) bond motifs is 3. The minimum absolute atomic E-state index is 0.663. The molecule has 0 spiro atoms. The lowest BCUT2D eigenvalue weighted by Gasteiger charge is -2.34. The quantitative estimate of drug-likeness (QED) is 0.202. The summed E-state index contributed by atoms with van der Waals surface area (Å²) in [6.07, 6.45) is 2.42. The summed E-state index contributed by atoms with van der Waals surface area (Å²) in [5, 5.41) is 0. The maximum absolute atomic E-state index is 5.16. The van der Waals surface area contributed by atoms with Crippen LogP contribution < -0.4 is 0 Å². The molecule has 1 aromatic heterocycles. The lowest BCUT2D eigenvalue weighted by molar-refractivity contribution is 1.07. The van der Waals surface area contributed by atoms with E-state index in [0.717, 1.165) is 22.3 Å². The second kappa shape index (κ2) is 10.7. The van der Waals surface area contributed by atoms with Crippen LogP contribution >= 0.6 is 10.0 Å². The van der Waals surface area contributed by atoms with Crippen molar-refractivity contribution in [1.82, 2.24) is 15.0 Å². The molecule has 0 bridgehead atoms. The third-order valence-corrected chi connectivity index (χ3v) is 12.1. The first-order chi connectivity index (χ1) is 21.7. The summed E-state index contributed by atoms with van der Waals surface area (Å²) in [5.74, 6) is 2.01. The highest BCUT2D eigenvalue weighted by atomic mass is 32.3. The first-order valence-corrected chi connectivity index (χ1v) is 16.8. The maximum atomic E-state index is 5.16. The number of benzene rings is 6. The Morgan fingerprint density at radius 3 is 1.50 bits per heavy atom. The van der Waals surface area contributed by atoms with E-state index in [1.54, 1.807) is 0 Å². The van der Waals surface area contributed by atoms with Crippen molar-refractivity contribution in [3.8, 4) is 56.4 Å². The molecule has 0 amide bonds. The van der Waals surface area contributed by atoms with E-state index < -0.39 is 10.0 Å². The molecule has 1 aliphatic rings. The second-order valence-electron chi connectivity index (χ2n) is 11.0. The predicted molar refractivity (Wildman–Crippen MR) is 182 cm³/mol. The van der Waals surface area contributed by atoms with Crippen molar-refractivity contribution < 1.29 is 0 Å². The summed E-state index contributed by atoms with van der Waals surface area (Å²) >= 11 is 0. The highest BCUT2D eigenvalue weighted by Crippen LogP contribution is 2.74. The monoisotopic (exact) mass is 583 g/mol. The average Bonchev–Trinajstić information content (AvgIpc) is 3.38. The van der Waals surface area contributed by atoms with Gasteiger partial charge in [0, 0.05) is 32.0 Å². The normalized spacial score (nSPS) is 16.5. The Hall–Kier alpha value is -5.32. The second-order valence-corrected chi connectivity index (χ2v) is 14.2. The lowest BCUT2D eigenvalue weighted by atomic mass is 9.99. The topological polar surface area (TPSA) is 38.7 Å². The summed E-state index contributed by atoms with van der Waals surface area (Å²) in [7, 11) is -1.46. The van der Waals surface area contributed by atoms with Gasteiger partial charge >= 0.3 is 0 Å². The van der Waals surface area contributed by atoms with Crippen molar-refractivity contribution in [2.45, 2.75) is 14.7 Å².